The summed E-state index contributed by atoms with van der Waals surface area (Å²) in [7, 11) is 0. The van der Waals surface area contributed by atoms with Crippen LogP contribution in [0.3, 0.4) is 0 Å². The Morgan fingerprint density at radius 2 is 1.00 bits per heavy atom. The molecule has 8 nitrogen and oxygen atoms in total. The first-order valence-electron chi connectivity index (χ1n) is 14.8. The van der Waals surface area contributed by atoms with Gasteiger partial charge in [-0.1, -0.05) is 23.5 Å². The van der Waals surface area contributed by atoms with Gasteiger partial charge in [0.1, 0.15) is 35.4 Å². The number of alkyl halides is 6. The minimum Gasteiger partial charge on any atom is -0.504 e. The summed E-state index contributed by atoms with van der Waals surface area (Å²) in [5.74, 6) is -0.807. The molecule has 268 valence electrons. The molecule has 4 aromatic carbocycles. The SMILES string of the molecule is CC(C)Oc1cc(C#N)c(Sc2ccc(C(F)(F)F)cc2)c(C#N)c1OC(C)C.N#Cc1cc(O)c(O)c(C#N)c1Sc1ccc(C(F)(F)F)cc1. The van der Waals surface area contributed by atoms with Gasteiger partial charge in [-0.05, 0) is 76.2 Å². The quantitative estimate of drug-likeness (QED) is 0.131. The largest absolute Gasteiger partial charge is 0.504 e. The number of hydrogen-bond donors (Lipinski definition) is 2. The van der Waals surface area contributed by atoms with E-state index in [-0.39, 0.29) is 50.9 Å². The van der Waals surface area contributed by atoms with Crippen LogP contribution in [0.1, 0.15) is 61.1 Å². The molecule has 0 radical (unpaired) electrons. The van der Waals surface area contributed by atoms with Crippen molar-refractivity contribution in [1.82, 2.24) is 0 Å². The summed E-state index contributed by atoms with van der Waals surface area (Å²) in [6.07, 6.45) is -9.37. The summed E-state index contributed by atoms with van der Waals surface area (Å²) in [5, 5.41) is 56.6. The first-order chi connectivity index (χ1) is 24.3. The van der Waals surface area contributed by atoms with Gasteiger partial charge in [0.2, 0.25) is 0 Å². The lowest BCUT2D eigenvalue weighted by molar-refractivity contribution is -0.138. The lowest BCUT2D eigenvalue weighted by Crippen LogP contribution is -2.13. The van der Waals surface area contributed by atoms with Gasteiger partial charge in [0, 0.05) is 21.9 Å². The van der Waals surface area contributed by atoms with Crippen molar-refractivity contribution in [3.63, 3.8) is 0 Å². The molecule has 52 heavy (non-hydrogen) atoms. The number of phenolic OH excluding ortho intramolecular Hbond substituents is 2. The Balaban J connectivity index is 0.000000288. The second-order valence-corrected chi connectivity index (χ2v) is 13.1. The van der Waals surface area contributed by atoms with Crippen LogP contribution in [-0.2, 0) is 12.4 Å². The second-order valence-electron chi connectivity index (χ2n) is 11.0. The van der Waals surface area contributed by atoms with Crippen molar-refractivity contribution in [2.75, 3.05) is 0 Å². The van der Waals surface area contributed by atoms with E-state index in [1.54, 1.807) is 26.0 Å². The highest BCUT2D eigenvalue weighted by Gasteiger charge is 2.31. The average molecular weight is 757 g/mol. The number of halogens is 6. The minimum absolute atomic E-state index is 0.0602. The number of rotatable bonds is 8. The fourth-order valence-electron chi connectivity index (χ4n) is 4.20. The van der Waals surface area contributed by atoms with Crippen molar-refractivity contribution >= 4 is 23.5 Å². The maximum atomic E-state index is 12.8. The molecule has 0 atom stereocenters. The van der Waals surface area contributed by atoms with E-state index in [1.165, 1.54) is 30.3 Å². The van der Waals surface area contributed by atoms with E-state index in [2.05, 4.69) is 6.07 Å². The van der Waals surface area contributed by atoms with Crippen LogP contribution >= 0.6 is 23.5 Å². The van der Waals surface area contributed by atoms with E-state index in [0.29, 0.717) is 14.7 Å². The normalized spacial score (nSPS) is 11.1. The molecule has 0 saturated heterocycles. The third-order valence-electron chi connectivity index (χ3n) is 6.41. The highest BCUT2D eigenvalue weighted by atomic mass is 32.2. The molecule has 0 amide bonds. The molecule has 16 heteroatoms. The highest BCUT2D eigenvalue weighted by molar-refractivity contribution is 7.99. The number of nitrogens with zero attached hydrogens (tertiary/aromatic N) is 4. The average Bonchev–Trinajstić information content (AvgIpc) is 3.07. The van der Waals surface area contributed by atoms with Crippen molar-refractivity contribution in [1.29, 1.82) is 21.0 Å². The fourth-order valence-corrected chi connectivity index (χ4v) is 6.13. The lowest BCUT2D eigenvalue weighted by atomic mass is 10.1. The molecule has 0 spiro atoms. The number of hydrogen-bond acceptors (Lipinski definition) is 10. The summed E-state index contributed by atoms with van der Waals surface area (Å²) in [6, 6.07) is 18.7. The molecule has 0 saturated carbocycles. The van der Waals surface area contributed by atoms with Gasteiger partial charge < -0.3 is 19.7 Å². The molecule has 0 bridgehead atoms. The van der Waals surface area contributed by atoms with Crippen LogP contribution in [0.2, 0.25) is 0 Å². The smallest absolute Gasteiger partial charge is 0.416 e. The van der Waals surface area contributed by atoms with Gasteiger partial charge in [-0.3, -0.25) is 0 Å². The standard InChI is InChI=1S/C21H19F3N2O2S.C15H7F3N2O2S/c1-12(2)27-18-9-14(10-25)20(17(11-26)19(18)28-13(3)4)29-16-7-5-15(6-8-16)21(22,23)24;16-15(17,18)9-1-3-10(4-2-9)23-14-8(6-19)5-12(21)13(22)11(14)7-20/h5-9,12-13H,1-4H3;1-5,21-22H. The molecule has 0 aliphatic rings. The van der Waals surface area contributed by atoms with Crippen LogP contribution < -0.4 is 9.47 Å². The van der Waals surface area contributed by atoms with E-state index in [9.17, 15) is 47.1 Å². The molecule has 0 aromatic heterocycles. The van der Waals surface area contributed by atoms with E-state index < -0.39 is 35.0 Å². The summed E-state index contributed by atoms with van der Waals surface area (Å²) in [6.45, 7) is 7.20. The van der Waals surface area contributed by atoms with Gasteiger partial charge in [0.15, 0.2) is 23.0 Å². The molecule has 4 aromatic rings. The molecule has 0 aliphatic carbocycles. The molecule has 0 fully saturated rings. The van der Waals surface area contributed by atoms with Crippen molar-refractivity contribution in [2.24, 2.45) is 0 Å². The number of phenols is 2. The van der Waals surface area contributed by atoms with Gasteiger partial charge in [-0.2, -0.15) is 47.4 Å². The van der Waals surface area contributed by atoms with Crippen LogP contribution in [0.25, 0.3) is 0 Å². The molecule has 0 aliphatic heterocycles. The van der Waals surface area contributed by atoms with Crippen LogP contribution in [0.4, 0.5) is 26.3 Å². The van der Waals surface area contributed by atoms with Crippen LogP contribution in [0, 0.1) is 45.3 Å². The van der Waals surface area contributed by atoms with Gasteiger partial charge in [0.05, 0.1) is 44.3 Å². The van der Waals surface area contributed by atoms with Gasteiger partial charge in [-0.25, -0.2) is 0 Å². The predicted molar refractivity (Wildman–Crippen MR) is 178 cm³/mol. The topological polar surface area (TPSA) is 154 Å². The Bertz CT molecular complexity index is 2090. The number of ether oxygens (including phenoxy) is 2. The zero-order valence-corrected chi connectivity index (χ0v) is 29.1. The molecule has 4 rings (SSSR count). The molecule has 0 heterocycles. The van der Waals surface area contributed by atoms with Crippen LogP contribution in [0.15, 0.2) is 80.2 Å². The molecular weight excluding hydrogens is 731 g/mol. The van der Waals surface area contributed by atoms with Crippen molar-refractivity contribution < 1.29 is 46.0 Å². The zero-order chi connectivity index (χ0) is 39.0. The Labute approximate surface area is 303 Å². The van der Waals surface area contributed by atoms with Crippen molar-refractivity contribution in [2.45, 2.75) is 71.8 Å². The van der Waals surface area contributed by atoms with E-state index in [1.807, 2.05) is 19.9 Å². The van der Waals surface area contributed by atoms with E-state index >= 15 is 0 Å². The Morgan fingerprint density at radius 3 is 1.37 bits per heavy atom. The second kappa shape index (κ2) is 17.0. The Hall–Kier alpha value is -5.68. The van der Waals surface area contributed by atoms with Crippen LogP contribution in [-0.4, -0.2) is 22.4 Å². The Morgan fingerprint density at radius 1 is 0.596 bits per heavy atom. The summed E-state index contributed by atoms with van der Waals surface area (Å²) < 4.78 is 87.5. The molecular formula is C36H26F6N4O4S2. The number of aromatic hydroxyl groups is 2. The lowest BCUT2D eigenvalue weighted by Gasteiger charge is -2.20. The van der Waals surface area contributed by atoms with E-state index in [0.717, 1.165) is 53.9 Å². The highest BCUT2D eigenvalue weighted by Crippen LogP contribution is 2.45. The first-order valence-corrected chi connectivity index (χ1v) is 16.4. The number of nitriles is 4. The number of benzene rings is 4. The summed E-state index contributed by atoms with van der Waals surface area (Å²) >= 11 is 1.88. The third-order valence-corrected chi connectivity index (χ3v) is 8.69. The monoisotopic (exact) mass is 756 g/mol. The molecule has 0 unspecified atom stereocenters. The summed E-state index contributed by atoms with van der Waals surface area (Å²) in [4.78, 5) is 1.17. The maximum Gasteiger partial charge on any atom is 0.416 e. The van der Waals surface area contributed by atoms with Crippen LogP contribution in [0.5, 0.6) is 23.0 Å². The molecule has 2 N–H and O–H groups in total. The fraction of sp³-hybridized carbons (Fsp3) is 0.222. The predicted octanol–water partition coefficient (Wildman–Crippen LogP) is 10.2. The summed E-state index contributed by atoms with van der Waals surface area (Å²) in [5.41, 5.74) is -1.69. The third kappa shape index (κ3) is 10.2. The van der Waals surface area contributed by atoms with Crippen molar-refractivity contribution in [3.8, 4) is 47.3 Å². The van der Waals surface area contributed by atoms with Gasteiger partial charge in [0.25, 0.3) is 0 Å². The zero-order valence-electron chi connectivity index (χ0n) is 27.5. The maximum absolute atomic E-state index is 12.8. The Kier molecular flexibility index (Phi) is 13.3. The van der Waals surface area contributed by atoms with Gasteiger partial charge >= 0.3 is 12.4 Å². The van der Waals surface area contributed by atoms with Gasteiger partial charge in [-0.15, -0.1) is 0 Å². The van der Waals surface area contributed by atoms with E-state index in [4.69, 9.17) is 20.0 Å². The first kappa shape index (κ1) is 40.7. The van der Waals surface area contributed by atoms with Crippen molar-refractivity contribution in [3.05, 3.63) is 94.0 Å². The minimum atomic E-state index is -4.46.